The quantitative estimate of drug-likeness (QED) is 0.839. The van der Waals surface area contributed by atoms with Gasteiger partial charge in [-0.3, -0.25) is 4.79 Å². The van der Waals surface area contributed by atoms with E-state index in [9.17, 15) is 23.8 Å². The van der Waals surface area contributed by atoms with E-state index in [1.54, 1.807) is 0 Å². The molecule has 2 unspecified atom stereocenters. The summed E-state index contributed by atoms with van der Waals surface area (Å²) in [5.74, 6) is -0.226. The highest BCUT2D eigenvalue weighted by atomic mass is 32.2. The van der Waals surface area contributed by atoms with Gasteiger partial charge in [0.05, 0.1) is 6.10 Å². The summed E-state index contributed by atoms with van der Waals surface area (Å²) >= 11 is 0.844. The number of aliphatic hydroxyl groups excluding tert-OH is 2. The monoisotopic (exact) mass is 292 g/mol. The minimum absolute atomic E-state index is 0.0283. The molecule has 0 saturated carbocycles. The molecule has 0 fully saturated rings. The lowest BCUT2D eigenvalue weighted by Crippen LogP contribution is -2.22. The van der Waals surface area contributed by atoms with E-state index >= 15 is 0 Å². The molecule has 0 aliphatic heterocycles. The molecule has 2 atom stereocenters. The lowest BCUT2D eigenvalue weighted by molar-refractivity contribution is -0.109. The number of halogens is 2. The van der Waals surface area contributed by atoms with Crippen LogP contribution in [0.2, 0.25) is 0 Å². The molecule has 106 valence electrons. The largest absolute Gasteiger partial charge is 0.434 e. The molecule has 4 nitrogen and oxygen atoms in total. The number of aliphatic hydroxyl groups is 2. The van der Waals surface area contributed by atoms with Crippen LogP contribution in [0.25, 0.3) is 0 Å². The highest BCUT2D eigenvalue weighted by Gasteiger charge is 2.23. The van der Waals surface area contributed by atoms with Gasteiger partial charge in [0, 0.05) is 18.2 Å². The summed E-state index contributed by atoms with van der Waals surface area (Å²) in [6, 6.07) is 5.66. The molecule has 2 N–H and O–H groups in total. The first-order chi connectivity index (χ1) is 8.91. The number of thioether (sulfide) groups is 1. The summed E-state index contributed by atoms with van der Waals surface area (Å²) in [5, 5.41) is 19.4. The lowest BCUT2D eigenvalue weighted by atomic mass is 10.0. The molecule has 0 radical (unpaired) electrons. The minimum Gasteiger partial charge on any atom is -0.434 e. The van der Waals surface area contributed by atoms with Crippen molar-refractivity contribution in [1.29, 1.82) is 0 Å². The number of carbonyl (C=O) groups is 1. The van der Waals surface area contributed by atoms with Crippen LogP contribution >= 0.6 is 11.8 Å². The van der Waals surface area contributed by atoms with Gasteiger partial charge in [0.25, 0.3) is 0 Å². The van der Waals surface area contributed by atoms with E-state index in [2.05, 4.69) is 4.74 Å². The van der Waals surface area contributed by atoms with Crippen molar-refractivity contribution in [2.75, 3.05) is 5.75 Å². The van der Waals surface area contributed by atoms with Crippen molar-refractivity contribution in [1.82, 2.24) is 0 Å². The van der Waals surface area contributed by atoms with Gasteiger partial charge in [-0.2, -0.15) is 8.78 Å². The van der Waals surface area contributed by atoms with Crippen molar-refractivity contribution in [3.05, 3.63) is 29.8 Å². The third-order valence-electron chi connectivity index (χ3n) is 2.28. The van der Waals surface area contributed by atoms with Gasteiger partial charge >= 0.3 is 6.61 Å². The fourth-order valence-electron chi connectivity index (χ4n) is 1.43. The molecule has 0 bridgehead atoms. The van der Waals surface area contributed by atoms with Crippen LogP contribution in [-0.4, -0.2) is 33.8 Å². The number of rotatable bonds is 6. The van der Waals surface area contributed by atoms with E-state index in [-0.39, 0.29) is 22.2 Å². The van der Waals surface area contributed by atoms with Gasteiger partial charge in [0.15, 0.2) is 5.12 Å². The number of hydrogen-bond acceptors (Lipinski definition) is 5. The van der Waals surface area contributed by atoms with Crippen LogP contribution in [0.3, 0.4) is 0 Å². The Morgan fingerprint density at radius 1 is 1.37 bits per heavy atom. The summed E-state index contributed by atoms with van der Waals surface area (Å²) in [7, 11) is 0. The zero-order valence-electron chi connectivity index (χ0n) is 10.1. The van der Waals surface area contributed by atoms with Gasteiger partial charge in [0.2, 0.25) is 0 Å². The van der Waals surface area contributed by atoms with Crippen molar-refractivity contribution < 1.29 is 28.5 Å². The zero-order chi connectivity index (χ0) is 14.4. The third-order valence-corrected chi connectivity index (χ3v) is 3.19. The summed E-state index contributed by atoms with van der Waals surface area (Å²) in [6.45, 7) is -1.69. The minimum atomic E-state index is -3.02. The Balaban J connectivity index is 2.80. The Kier molecular flexibility index (Phi) is 6.20. The van der Waals surface area contributed by atoms with Crippen LogP contribution < -0.4 is 4.74 Å². The molecular formula is C12H14F2O4S. The first-order valence-electron chi connectivity index (χ1n) is 5.45. The van der Waals surface area contributed by atoms with Crippen LogP contribution in [0.5, 0.6) is 5.75 Å². The average molecular weight is 292 g/mol. The van der Waals surface area contributed by atoms with Crippen LogP contribution in [0.4, 0.5) is 8.78 Å². The van der Waals surface area contributed by atoms with E-state index < -0.39 is 18.8 Å². The molecule has 1 aromatic rings. The van der Waals surface area contributed by atoms with Crippen molar-refractivity contribution in [3.63, 3.8) is 0 Å². The Morgan fingerprint density at radius 3 is 2.58 bits per heavy atom. The highest BCUT2D eigenvalue weighted by Crippen LogP contribution is 2.29. The van der Waals surface area contributed by atoms with Crippen LogP contribution in [0.15, 0.2) is 24.3 Å². The zero-order valence-corrected chi connectivity index (χ0v) is 10.9. The number of ether oxygens (including phenoxy) is 1. The first kappa shape index (κ1) is 15.9. The normalized spacial score (nSPS) is 14.2. The summed E-state index contributed by atoms with van der Waals surface area (Å²) in [4.78, 5) is 10.8. The van der Waals surface area contributed by atoms with Crippen LogP contribution in [0, 0.1) is 0 Å². The molecule has 0 aromatic heterocycles. The number of benzene rings is 1. The SMILES string of the molecule is CC(=O)SCC(O)C(O)c1ccccc1OC(F)F. The van der Waals surface area contributed by atoms with Gasteiger partial charge < -0.3 is 14.9 Å². The maximum atomic E-state index is 12.2. The third kappa shape index (κ3) is 5.14. The van der Waals surface area contributed by atoms with Gasteiger partial charge in [0.1, 0.15) is 11.9 Å². The second kappa shape index (κ2) is 7.42. The van der Waals surface area contributed by atoms with E-state index in [0.717, 1.165) is 11.8 Å². The molecular weight excluding hydrogens is 278 g/mol. The Morgan fingerprint density at radius 2 is 2.00 bits per heavy atom. The molecule has 0 aliphatic rings. The molecule has 1 aromatic carbocycles. The van der Waals surface area contributed by atoms with Gasteiger partial charge in [-0.05, 0) is 6.07 Å². The van der Waals surface area contributed by atoms with E-state index in [1.165, 1.54) is 31.2 Å². The number of carbonyl (C=O) groups excluding carboxylic acids is 1. The molecule has 0 saturated heterocycles. The standard InChI is InChI=1S/C12H14F2O4S/c1-7(15)19-6-9(16)11(17)8-4-2-3-5-10(8)18-12(13)14/h2-5,9,11-12,16-17H,6H2,1H3. The predicted molar refractivity (Wildman–Crippen MR) is 67.2 cm³/mol. The number of alkyl halides is 2. The van der Waals surface area contributed by atoms with Crippen LogP contribution in [-0.2, 0) is 4.79 Å². The maximum absolute atomic E-state index is 12.2. The number of hydrogen-bond donors (Lipinski definition) is 2. The second-order valence-electron chi connectivity index (χ2n) is 3.73. The summed E-state index contributed by atoms with van der Waals surface area (Å²) < 4.78 is 28.7. The fourth-order valence-corrected chi connectivity index (χ4v) is 2.02. The predicted octanol–water partition coefficient (Wildman–Crippen LogP) is 1.96. The Hall–Kier alpha value is -1.18. The molecule has 0 spiro atoms. The van der Waals surface area contributed by atoms with Gasteiger partial charge in [-0.1, -0.05) is 30.0 Å². The van der Waals surface area contributed by atoms with E-state index in [0.29, 0.717) is 0 Å². The topological polar surface area (TPSA) is 66.8 Å². The lowest BCUT2D eigenvalue weighted by Gasteiger charge is -2.20. The van der Waals surface area contributed by atoms with E-state index in [1.807, 2.05) is 0 Å². The molecule has 1 rings (SSSR count). The average Bonchev–Trinajstić information content (AvgIpc) is 2.35. The summed E-state index contributed by atoms with van der Waals surface area (Å²) in [6.07, 6.45) is -2.65. The van der Waals surface area contributed by atoms with Crippen molar-refractivity contribution in [2.24, 2.45) is 0 Å². The van der Waals surface area contributed by atoms with Crippen molar-refractivity contribution in [2.45, 2.75) is 25.7 Å². The van der Waals surface area contributed by atoms with Gasteiger partial charge in [-0.15, -0.1) is 0 Å². The smallest absolute Gasteiger partial charge is 0.387 e. The fraction of sp³-hybridized carbons (Fsp3) is 0.417. The Labute approximate surface area is 113 Å². The highest BCUT2D eigenvalue weighted by molar-refractivity contribution is 8.13. The molecule has 7 heteroatoms. The van der Waals surface area contributed by atoms with Crippen molar-refractivity contribution in [3.8, 4) is 5.75 Å². The van der Waals surface area contributed by atoms with Crippen LogP contribution in [0.1, 0.15) is 18.6 Å². The van der Waals surface area contributed by atoms with Gasteiger partial charge in [-0.25, -0.2) is 0 Å². The maximum Gasteiger partial charge on any atom is 0.387 e. The second-order valence-corrected chi connectivity index (χ2v) is 4.93. The molecule has 0 heterocycles. The molecule has 19 heavy (non-hydrogen) atoms. The molecule has 0 amide bonds. The summed E-state index contributed by atoms with van der Waals surface area (Å²) in [5.41, 5.74) is 0.0550. The Bertz CT molecular complexity index is 428. The van der Waals surface area contributed by atoms with E-state index in [4.69, 9.17) is 0 Å². The number of para-hydroxylation sites is 1. The van der Waals surface area contributed by atoms with Crippen molar-refractivity contribution >= 4 is 16.9 Å². The first-order valence-corrected chi connectivity index (χ1v) is 6.43. The molecule has 0 aliphatic carbocycles.